The molecule has 1 saturated heterocycles. The molecule has 0 spiro atoms. The summed E-state index contributed by atoms with van der Waals surface area (Å²) in [6, 6.07) is 16.5. The Morgan fingerprint density at radius 1 is 0.872 bits per heavy atom. The lowest BCUT2D eigenvalue weighted by molar-refractivity contribution is 0.0532. The number of amides is 2. The van der Waals surface area contributed by atoms with Crippen LogP contribution in [0, 0.1) is 18.6 Å². The van der Waals surface area contributed by atoms with E-state index < -0.39 is 27.6 Å². The molecule has 0 atom stereocenters. The molecule has 1 N–H and O–H groups in total. The van der Waals surface area contributed by atoms with Crippen LogP contribution in [0.25, 0.3) is 10.9 Å². The van der Waals surface area contributed by atoms with Gasteiger partial charge in [0.1, 0.15) is 4.90 Å². The molecule has 2 heterocycles. The number of carbonyl (C=O) groups excluding carboxylic acids is 2. The Morgan fingerprint density at radius 3 is 2.26 bits per heavy atom. The van der Waals surface area contributed by atoms with E-state index in [0.717, 1.165) is 6.07 Å². The molecule has 0 saturated carbocycles. The van der Waals surface area contributed by atoms with Crippen molar-refractivity contribution < 1.29 is 26.8 Å². The maximum Gasteiger partial charge on any atom is 0.264 e. The Morgan fingerprint density at radius 2 is 1.54 bits per heavy atom. The van der Waals surface area contributed by atoms with E-state index in [0.29, 0.717) is 27.7 Å². The van der Waals surface area contributed by atoms with Gasteiger partial charge in [-0.15, -0.1) is 0 Å². The van der Waals surface area contributed by atoms with Gasteiger partial charge >= 0.3 is 0 Å². The summed E-state index contributed by atoms with van der Waals surface area (Å²) in [4.78, 5) is 33.0. The second kappa shape index (κ2) is 10.4. The number of nitrogens with one attached hydrogen (secondary N) is 1. The smallest absolute Gasteiger partial charge is 0.264 e. The number of hydrogen-bond donors (Lipinski definition) is 1. The van der Waals surface area contributed by atoms with E-state index in [1.807, 2.05) is 0 Å². The van der Waals surface area contributed by atoms with Gasteiger partial charge in [-0.3, -0.25) is 19.3 Å². The number of aryl methyl sites for hydroxylation is 1. The minimum atomic E-state index is -3.95. The van der Waals surface area contributed by atoms with Gasteiger partial charge in [0.25, 0.3) is 21.8 Å². The molecule has 1 aliphatic rings. The first-order chi connectivity index (χ1) is 18.7. The number of hydrogen-bond acceptors (Lipinski definition) is 5. The van der Waals surface area contributed by atoms with Crippen LogP contribution in [0.5, 0.6) is 0 Å². The van der Waals surface area contributed by atoms with Crippen molar-refractivity contribution in [2.45, 2.75) is 11.8 Å². The molecule has 2 amide bonds. The van der Waals surface area contributed by atoms with Crippen molar-refractivity contribution in [3.8, 4) is 0 Å². The molecule has 200 valence electrons. The summed E-state index contributed by atoms with van der Waals surface area (Å²) < 4.78 is 56.5. The molecule has 1 aliphatic heterocycles. The molecule has 11 heteroatoms. The van der Waals surface area contributed by atoms with Crippen molar-refractivity contribution in [2.75, 3.05) is 30.9 Å². The lowest BCUT2D eigenvalue weighted by Crippen LogP contribution is -2.50. The zero-order valence-electron chi connectivity index (χ0n) is 20.9. The number of piperazine rings is 1. The van der Waals surface area contributed by atoms with Gasteiger partial charge in [0.05, 0.1) is 16.8 Å². The summed E-state index contributed by atoms with van der Waals surface area (Å²) in [5.74, 6) is -3.20. The normalized spacial score (nSPS) is 13.9. The molecule has 0 aliphatic carbocycles. The number of carbonyl (C=O) groups is 2. The van der Waals surface area contributed by atoms with E-state index in [4.69, 9.17) is 0 Å². The number of nitrogens with zero attached hydrogens (tertiary/aromatic N) is 3. The standard InChI is InChI=1S/C28H24F2N4O4S/c1-18-17-20(10-11-23(18)32-39(37,38)24-9-2-5-19-6-4-12-31-26(19)24)27(35)33-13-15-34(16-14-33)28(36)21-7-3-8-22(29)25(21)30/h2-12,17,32H,13-16H2,1H3. The quantitative estimate of drug-likeness (QED) is 0.401. The average Bonchev–Trinajstić information content (AvgIpc) is 2.94. The van der Waals surface area contributed by atoms with Crippen LogP contribution in [-0.2, 0) is 10.0 Å². The number of para-hydroxylation sites is 1. The molecule has 4 aromatic rings. The lowest BCUT2D eigenvalue weighted by Gasteiger charge is -2.35. The predicted octanol–water partition coefficient (Wildman–Crippen LogP) is 4.22. The highest BCUT2D eigenvalue weighted by Crippen LogP contribution is 2.26. The summed E-state index contributed by atoms with van der Waals surface area (Å²) in [6.45, 7) is 2.44. The first kappa shape index (κ1) is 26.2. The van der Waals surface area contributed by atoms with Gasteiger partial charge < -0.3 is 9.80 Å². The fraction of sp³-hybridized carbons (Fsp3) is 0.179. The summed E-state index contributed by atoms with van der Waals surface area (Å²) in [6.07, 6.45) is 1.53. The van der Waals surface area contributed by atoms with Gasteiger partial charge in [-0.2, -0.15) is 0 Å². The maximum absolute atomic E-state index is 14.0. The van der Waals surface area contributed by atoms with E-state index in [1.165, 1.54) is 41.4 Å². The highest BCUT2D eigenvalue weighted by molar-refractivity contribution is 7.93. The molecule has 0 radical (unpaired) electrons. The molecule has 39 heavy (non-hydrogen) atoms. The number of sulfonamides is 1. The van der Waals surface area contributed by atoms with E-state index in [9.17, 15) is 26.8 Å². The first-order valence-electron chi connectivity index (χ1n) is 12.2. The highest BCUT2D eigenvalue weighted by Gasteiger charge is 2.28. The Kier molecular flexibility index (Phi) is 7.00. The van der Waals surface area contributed by atoms with Gasteiger partial charge in [0.15, 0.2) is 11.6 Å². The van der Waals surface area contributed by atoms with Crippen LogP contribution in [0.2, 0.25) is 0 Å². The SMILES string of the molecule is Cc1cc(C(=O)N2CCN(C(=O)c3cccc(F)c3F)CC2)ccc1NS(=O)(=O)c1cccc2cccnc12. The van der Waals surface area contributed by atoms with Crippen molar-refractivity contribution in [3.05, 3.63) is 101 Å². The number of rotatable bonds is 5. The van der Waals surface area contributed by atoms with Crippen LogP contribution in [0.15, 0.2) is 77.8 Å². The molecule has 8 nitrogen and oxygen atoms in total. The summed E-state index contributed by atoms with van der Waals surface area (Å²) in [5.41, 5.74) is 1.25. The number of pyridine rings is 1. The van der Waals surface area contributed by atoms with Gasteiger partial charge in [0, 0.05) is 43.3 Å². The second-order valence-electron chi connectivity index (χ2n) is 9.15. The molecule has 5 rings (SSSR count). The molecule has 0 unspecified atom stereocenters. The monoisotopic (exact) mass is 550 g/mol. The summed E-state index contributed by atoms with van der Waals surface area (Å²) in [5, 5.41) is 0.695. The van der Waals surface area contributed by atoms with Crippen molar-refractivity contribution in [3.63, 3.8) is 0 Å². The zero-order valence-corrected chi connectivity index (χ0v) is 21.7. The number of anilines is 1. The lowest BCUT2D eigenvalue weighted by atomic mass is 10.1. The summed E-state index contributed by atoms with van der Waals surface area (Å²) in [7, 11) is -3.95. The number of halogens is 2. The molecule has 1 fully saturated rings. The third-order valence-electron chi connectivity index (χ3n) is 6.64. The van der Waals surface area contributed by atoms with Crippen molar-refractivity contribution in [1.29, 1.82) is 0 Å². The second-order valence-corrected chi connectivity index (χ2v) is 10.8. The maximum atomic E-state index is 14.0. The number of fused-ring (bicyclic) bond motifs is 1. The van der Waals surface area contributed by atoms with Gasteiger partial charge in [0.2, 0.25) is 0 Å². The minimum absolute atomic E-state index is 0.0469. The predicted molar refractivity (Wildman–Crippen MR) is 142 cm³/mol. The average molecular weight is 551 g/mol. The van der Waals surface area contributed by atoms with Crippen LogP contribution in [-0.4, -0.2) is 61.2 Å². The Hall–Kier alpha value is -4.38. The van der Waals surface area contributed by atoms with Crippen molar-refractivity contribution in [2.24, 2.45) is 0 Å². The third kappa shape index (κ3) is 5.17. The van der Waals surface area contributed by atoms with Crippen molar-refractivity contribution >= 4 is 38.4 Å². The fourth-order valence-electron chi connectivity index (χ4n) is 4.54. The first-order valence-corrected chi connectivity index (χ1v) is 13.6. The van der Waals surface area contributed by atoms with Crippen LogP contribution in [0.4, 0.5) is 14.5 Å². The summed E-state index contributed by atoms with van der Waals surface area (Å²) >= 11 is 0. The zero-order chi connectivity index (χ0) is 27.7. The Bertz CT molecular complexity index is 1700. The molecular formula is C28H24F2N4O4S. The molecular weight excluding hydrogens is 526 g/mol. The number of aromatic nitrogens is 1. The van der Waals surface area contributed by atoms with E-state index in [-0.39, 0.29) is 42.5 Å². The van der Waals surface area contributed by atoms with Crippen LogP contribution in [0.3, 0.4) is 0 Å². The number of benzene rings is 3. The Labute approximate surface area is 223 Å². The molecule has 1 aromatic heterocycles. The largest absolute Gasteiger partial charge is 0.335 e. The van der Waals surface area contributed by atoms with Crippen LogP contribution < -0.4 is 4.72 Å². The van der Waals surface area contributed by atoms with E-state index >= 15 is 0 Å². The Balaban J connectivity index is 1.27. The van der Waals surface area contributed by atoms with Gasteiger partial charge in [-0.05, 0) is 55.0 Å². The van der Waals surface area contributed by atoms with E-state index in [1.54, 1.807) is 42.2 Å². The molecule has 3 aromatic carbocycles. The van der Waals surface area contributed by atoms with Crippen LogP contribution >= 0.6 is 0 Å². The molecule has 0 bridgehead atoms. The topological polar surface area (TPSA) is 99.7 Å². The van der Waals surface area contributed by atoms with Crippen molar-refractivity contribution in [1.82, 2.24) is 14.8 Å². The fourth-order valence-corrected chi connectivity index (χ4v) is 5.85. The van der Waals surface area contributed by atoms with Crippen LogP contribution in [0.1, 0.15) is 26.3 Å². The van der Waals surface area contributed by atoms with E-state index in [2.05, 4.69) is 9.71 Å². The van der Waals surface area contributed by atoms with Gasteiger partial charge in [-0.1, -0.05) is 24.3 Å². The highest BCUT2D eigenvalue weighted by atomic mass is 32.2. The third-order valence-corrected chi connectivity index (χ3v) is 8.04. The van der Waals surface area contributed by atoms with Gasteiger partial charge in [-0.25, -0.2) is 17.2 Å². The minimum Gasteiger partial charge on any atom is -0.335 e.